The van der Waals surface area contributed by atoms with Gasteiger partial charge in [0.2, 0.25) is 5.69 Å². The molecule has 1 aromatic carbocycles. The Hall–Kier alpha value is -2.43. The molecule has 1 aromatic rings. The Morgan fingerprint density at radius 2 is 1.62 bits per heavy atom. The van der Waals surface area contributed by atoms with E-state index >= 15 is 0 Å². The number of aryl methyl sites for hydroxylation is 1. The van der Waals surface area contributed by atoms with Gasteiger partial charge in [-0.1, -0.05) is 0 Å². The number of alkyl halides is 3. The van der Waals surface area contributed by atoms with Crippen LogP contribution in [-0.4, -0.2) is 22.8 Å². The Morgan fingerprint density at radius 1 is 1.19 bits per heavy atom. The summed E-state index contributed by atoms with van der Waals surface area (Å²) in [5.74, 6) is 0. The molecule has 0 atom stereocenters. The molecule has 0 aliphatic rings. The first-order chi connectivity index (χ1) is 9.56. The molecule has 0 aliphatic heterocycles. The molecular formula is C10H10F3N3O5. The first kappa shape index (κ1) is 16.6. The van der Waals surface area contributed by atoms with Crippen molar-refractivity contribution >= 4 is 17.1 Å². The van der Waals surface area contributed by atoms with E-state index in [0.29, 0.717) is 0 Å². The fourth-order valence-electron chi connectivity index (χ4n) is 1.67. The molecule has 0 bridgehead atoms. The highest BCUT2D eigenvalue weighted by atomic mass is 19.4. The van der Waals surface area contributed by atoms with Gasteiger partial charge in [0, 0.05) is 18.7 Å². The molecule has 0 radical (unpaired) electrons. The van der Waals surface area contributed by atoms with Gasteiger partial charge in [-0.15, -0.1) is 13.2 Å². The monoisotopic (exact) mass is 309 g/mol. The van der Waals surface area contributed by atoms with E-state index < -0.39 is 39.8 Å². The molecule has 0 N–H and O–H groups in total. The van der Waals surface area contributed by atoms with Crippen LogP contribution in [0.1, 0.15) is 12.5 Å². The van der Waals surface area contributed by atoms with Gasteiger partial charge in [0.1, 0.15) is 0 Å². The highest BCUT2D eigenvalue weighted by Gasteiger charge is 2.38. The van der Waals surface area contributed by atoms with Crippen LogP contribution in [0.5, 0.6) is 0 Å². The zero-order valence-corrected chi connectivity index (χ0v) is 10.9. The molecule has 0 aliphatic carbocycles. The molecule has 0 aromatic heterocycles. The summed E-state index contributed by atoms with van der Waals surface area (Å²) in [4.78, 5) is 23.5. The number of nitrogens with zero attached hydrogens (tertiary/aromatic N) is 3. The van der Waals surface area contributed by atoms with E-state index in [-0.39, 0.29) is 10.6 Å². The Balaban J connectivity index is 3.55. The van der Waals surface area contributed by atoms with E-state index in [4.69, 9.17) is 0 Å². The van der Waals surface area contributed by atoms with Gasteiger partial charge in [0.15, 0.2) is 0 Å². The van der Waals surface area contributed by atoms with Crippen LogP contribution in [0, 0.1) is 27.2 Å². The molecule has 1 rings (SSSR count). The number of halogens is 3. The van der Waals surface area contributed by atoms with Crippen LogP contribution in [0.3, 0.4) is 0 Å². The lowest BCUT2D eigenvalue weighted by molar-refractivity contribution is -0.394. The van der Waals surface area contributed by atoms with Crippen LogP contribution in [0.2, 0.25) is 0 Å². The summed E-state index contributed by atoms with van der Waals surface area (Å²) in [5.41, 5.74) is -2.36. The van der Waals surface area contributed by atoms with Gasteiger partial charge in [-0.05, 0) is 19.4 Å². The second-order valence-corrected chi connectivity index (χ2v) is 3.90. The Bertz CT molecular complexity index is 541. The van der Waals surface area contributed by atoms with Crippen molar-refractivity contribution in [1.82, 2.24) is 0 Å². The van der Waals surface area contributed by atoms with Crippen molar-refractivity contribution in [2.24, 2.45) is 0 Å². The molecule has 0 unspecified atom stereocenters. The second kappa shape index (κ2) is 5.91. The number of rotatable bonds is 5. The van der Waals surface area contributed by atoms with Crippen molar-refractivity contribution in [3.05, 3.63) is 37.9 Å². The van der Waals surface area contributed by atoms with Crippen molar-refractivity contribution in [1.29, 1.82) is 0 Å². The van der Waals surface area contributed by atoms with E-state index in [9.17, 15) is 33.4 Å². The normalized spacial score (nSPS) is 11.3. The zero-order valence-electron chi connectivity index (χ0n) is 10.9. The number of hydrogen-bond donors (Lipinski definition) is 0. The van der Waals surface area contributed by atoms with Gasteiger partial charge >= 0.3 is 17.7 Å². The first-order valence-corrected chi connectivity index (χ1v) is 5.53. The van der Waals surface area contributed by atoms with Crippen molar-refractivity contribution in [2.45, 2.75) is 20.2 Å². The third-order valence-electron chi connectivity index (χ3n) is 2.36. The molecule has 0 amide bonds. The predicted octanol–water partition coefficient (Wildman–Crippen LogP) is 3.09. The van der Waals surface area contributed by atoms with Gasteiger partial charge in [0.25, 0.3) is 0 Å². The number of anilines is 1. The molecule has 116 valence electrons. The molecule has 0 saturated carbocycles. The molecule has 8 nitrogen and oxygen atoms in total. The minimum atomic E-state index is -5.14. The van der Waals surface area contributed by atoms with Crippen LogP contribution in [0.4, 0.5) is 30.2 Å². The number of nitro benzene ring substituents is 2. The smallest absolute Gasteiger partial charge is 0.258 e. The summed E-state index contributed by atoms with van der Waals surface area (Å²) in [6.45, 7) is 2.08. The Kier molecular flexibility index (Phi) is 4.68. The molecule has 11 heteroatoms. The van der Waals surface area contributed by atoms with Crippen molar-refractivity contribution in [3.63, 3.8) is 0 Å². The number of benzene rings is 1. The van der Waals surface area contributed by atoms with Crippen LogP contribution >= 0.6 is 0 Å². The van der Waals surface area contributed by atoms with Crippen LogP contribution < -0.4 is 5.06 Å². The highest BCUT2D eigenvalue weighted by molar-refractivity contribution is 5.75. The van der Waals surface area contributed by atoms with E-state index in [0.717, 1.165) is 12.1 Å². The summed E-state index contributed by atoms with van der Waals surface area (Å²) >= 11 is 0. The third kappa shape index (κ3) is 4.02. The van der Waals surface area contributed by atoms with Gasteiger partial charge < -0.3 is 0 Å². The maximum atomic E-state index is 12.3. The summed E-state index contributed by atoms with van der Waals surface area (Å²) < 4.78 is 37.0. The van der Waals surface area contributed by atoms with Gasteiger partial charge in [-0.3, -0.25) is 20.2 Å². The van der Waals surface area contributed by atoms with E-state index in [1.54, 1.807) is 0 Å². The van der Waals surface area contributed by atoms with Gasteiger partial charge in [-0.2, -0.15) is 4.84 Å². The van der Waals surface area contributed by atoms with Crippen LogP contribution in [0.25, 0.3) is 0 Å². The number of hydroxylamine groups is 1. The molecule has 0 fully saturated rings. The maximum Gasteiger partial charge on any atom is 0.544 e. The molecular weight excluding hydrogens is 299 g/mol. The van der Waals surface area contributed by atoms with E-state index in [2.05, 4.69) is 4.84 Å². The van der Waals surface area contributed by atoms with Crippen molar-refractivity contribution in [3.8, 4) is 0 Å². The number of hydrogen-bond acceptors (Lipinski definition) is 6. The van der Waals surface area contributed by atoms with Crippen LogP contribution in [-0.2, 0) is 4.84 Å². The minimum absolute atomic E-state index is 0.0791. The minimum Gasteiger partial charge on any atom is -0.258 e. The van der Waals surface area contributed by atoms with Gasteiger partial charge in [0.05, 0.1) is 9.85 Å². The third-order valence-corrected chi connectivity index (χ3v) is 2.36. The first-order valence-electron chi connectivity index (χ1n) is 5.53. The second-order valence-electron chi connectivity index (χ2n) is 3.90. The summed E-state index contributed by atoms with van der Waals surface area (Å²) in [5, 5.41) is 22.0. The lowest BCUT2D eigenvalue weighted by Gasteiger charge is -2.22. The van der Waals surface area contributed by atoms with Crippen LogP contribution in [0.15, 0.2) is 12.1 Å². The van der Waals surface area contributed by atoms with E-state index in [1.165, 1.54) is 13.8 Å². The summed E-state index contributed by atoms with van der Waals surface area (Å²) in [7, 11) is 0. The van der Waals surface area contributed by atoms with E-state index in [1.807, 2.05) is 0 Å². The largest absolute Gasteiger partial charge is 0.544 e. The fourth-order valence-corrected chi connectivity index (χ4v) is 1.67. The maximum absolute atomic E-state index is 12.3. The molecule has 21 heavy (non-hydrogen) atoms. The highest BCUT2D eigenvalue weighted by Crippen LogP contribution is 2.40. The van der Waals surface area contributed by atoms with Crippen molar-refractivity contribution < 1.29 is 27.9 Å². The number of nitro groups is 2. The predicted molar refractivity (Wildman–Crippen MR) is 64.6 cm³/mol. The average Bonchev–Trinajstić information content (AvgIpc) is 2.33. The molecule has 0 spiro atoms. The SMILES string of the molecule is CCN(OC(F)(F)F)c1c([N+](=O)[O-])cc(C)cc1[N+](=O)[O-]. The summed E-state index contributed by atoms with van der Waals surface area (Å²) in [6.07, 6.45) is -5.14. The Morgan fingerprint density at radius 3 is 1.90 bits per heavy atom. The Labute approximate surface area is 116 Å². The average molecular weight is 309 g/mol. The fraction of sp³-hybridized carbons (Fsp3) is 0.400. The molecule has 0 saturated heterocycles. The van der Waals surface area contributed by atoms with Gasteiger partial charge in [-0.25, -0.2) is 5.06 Å². The topological polar surface area (TPSA) is 98.8 Å². The standard InChI is InChI=1S/C10H10F3N3O5/c1-3-14(21-10(11,12)13)9-7(15(17)18)4-6(2)5-8(9)16(19)20/h4-5H,3H2,1-2H3. The van der Waals surface area contributed by atoms with Crippen molar-refractivity contribution in [2.75, 3.05) is 11.6 Å². The lowest BCUT2D eigenvalue weighted by atomic mass is 10.1. The summed E-state index contributed by atoms with van der Waals surface area (Å²) in [6, 6.07) is 1.87. The zero-order chi connectivity index (χ0) is 16.4. The lowest BCUT2D eigenvalue weighted by Crippen LogP contribution is -2.32. The molecule has 0 heterocycles. The quantitative estimate of drug-likeness (QED) is 0.612.